The van der Waals surface area contributed by atoms with Gasteiger partial charge in [0, 0.05) is 24.9 Å². The number of hydrogen-bond acceptors (Lipinski definition) is 3. The highest BCUT2D eigenvalue weighted by Crippen LogP contribution is 2.23. The molecular weight excluding hydrogens is 379 g/mol. The minimum atomic E-state index is -4.18. The number of likely N-dealkylation sites (N-methyl/N-ethyl adjacent to an activating group) is 1. The van der Waals surface area contributed by atoms with Gasteiger partial charge in [0.15, 0.2) is 0 Å². The van der Waals surface area contributed by atoms with Crippen LogP contribution >= 0.6 is 15.9 Å². The van der Waals surface area contributed by atoms with Crippen LogP contribution in [0.15, 0.2) is 0 Å². The van der Waals surface area contributed by atoms with Crippen molar-refractivity contribution in [2.75, 3.05) is 25.0 Å². The number of amides is 1. The van der Waals surface area contributed by atoms with Gasteiger partial charge in [-0.25, -0.2) is 4.79 Å². The van der Waals surface area contributed by atoms with Gasteiger partial charge >= 0.3 is 12.3 Å². The topological polar surface area (TPSA) is 38.8 Å². The molecule has 0 radical (unpaired) electrons. The van der Waals surface area contributed by atoms with Gasteiger partial charge in [0.2, 0.25) is 0 Å². The summed E-state index contributed by atoms with van der Waals surface area (Å²) < 4.78 is 47.4. The first-order valence-corrected chi connectivity index (χ1v) is 8.68. The maximum Gasteiger partial charge on any atom is 0.410 e. The van der Waals surface area contributed by atoms with Gasteiger partial charge in [-0.15, -0.1) is 0 Å². The summed E-state index contributed by atoms with van der Waals surface area (Å²) in [5.41, 5.74) is -1.39. The van der Waals surface area contributed by atoms with E-state index in [4.69, 9.17) is 9.47 Å². The summed E-state index contributed by atoms with van der Waals surface area (Å²) in [7, 11) is 0. The second-order valence-electron chi connectivity index (χ2n) is 6.65. The molecule has 0 spiro atoms. The van der Waals surface area contributed by atoms with E-state index in [1.807, 2.05) is 6.92 Å². The molecule has 4 nitrogen and oxygen atoms in total. The summed E-state index contributed by atoms with van der Waals surface area (Å²) in [5, 5.41) is 0.394. The molecule has 0 aromatic carbocycles. The maximum atomic E-state index is 12.2. The summed E-state index contributed by atoms with van der Waals surface area (Å²) in [6.07, 6.45) is -5.63. The van der Waals surface area contributed by atoms with Crippen LogP contribution in [0.5, 0.6) is 0 Å². The van der Waals surface area contributed by atoms with Gasteiger partial charge < -0.3 is 14.4 Å². The second kappa shape index (κ2) is 9.11. The molecule has 1 atom stereocenters. The van der Waals surface area contributed by atoms with Crippen molar-refractivity contribution in [1.29, 1.82) is 0 Å². The van der Waals surface area contributed by atoms with E-state index in [0.29, 0.717) is 11.9 Å². The Bertz CT molecular complexity index is 372. The lowest BCUT2D eigenvalue weighted by Crippen LogP contribution is -2.48. The Hall–Kier alpha value is -0.500. The standard InChI is InChI=1S/C15H27BrF3NO3/c1-6-20(12(21)23-13(2,3)4)11-14(5,10-16)22-9-7-8-15(17,18)19/h6-11H2,1-5H3. The Morgan fingerprint density at radius 1 is 1.17 bits per heavy atom. The number of carbonyl (C=O) groups excluding carboxylic acids is 1. The number of carbonyl (C=O) groups is 1. The Kier molecular flexibility index (Phi) is 8.91. The van der Waals surface area contributed by atoms with Crippen LogP contribution < -0.4 is 0 Å². The summed E-state index contributed by atoms with van der Waals surface area (Å²) in [6, 6.07) is 0. The zero-order chi connectivity index (χ0) is 18.3. The van der Waals surface area contributed by atoms with Crippen molar-refractivity contribution >= 4 is 22.0 Å². The third-order valence-corrected chi connectivity index (χ3v) is 4.08. The third kappa shape index (κ3) is 10.8. The normalized spacial score (nSPS) is 15.2. The van der Waals surface area contributed by atoms with Crippen LogP contribution in [0.1, 0.15) is 47.5 Å². The molecule has 0 saturated heterocycles. The monoisotopic (exact) mass is 405 g/mol. The van der Waals surface area contributed by atoms with Crippen molar-refractivity contribution in [2.45, 2.75) is 64.8 Å². The fraction of sp³-hybridized carbons (Fsp3) is 0.933. The molecule has 8 heteroatoms. The van der Waals surface area contributed by atoms with Crippen LogP contribution in [0, 0.1) is 0 Å². The van der Waals surface area contributed by atoms with E-state index in [0.717, 1.165) is 0 Å². The molecule has 0 aliphatic heterocycles. The number of ether oxygens (including phenoxy) is 2. The molecule has 23 heavy (non-hydrogen) atoms. The van der Waals surface area contributed by atoms with E-state index in [1.165, 1.54) is 4.90 Å². The molecule has 0 aromatic rings. The zero-order valence-corrected chi connectivity index (χ0v) is 16.0. The fourth-order valence-corrected chi connectivity index (χ4v) is 2.09. The molecule has 1 amide bonds. The van der Waals surface area contributed by atoms with Crippen LogP contribution in [-0.2, 0) is 9.47 Å². The van der Waals surface area contributed by atoms with Crippen LogP contribution in [0.25, 0.3) is 0 Å². The molecular formula is C15H27BrF3NO3. The summed E-state index contributed by atoms with van der Waals surface area (Å²) in [5.74, 6) is 0. The first kappa shape index (κ1) is 22.5. The number of rotatable bonds is 8. The first-order chi connectivity index (χ1) is 10.3. The van der Waals surface area contributed by atoms with Crippen molar-refractivity contribution in [1.82, 2.24) is 4.90 Å². The van der Waals surface area contributed by atoms with Gasteiger partial charge in [-0.1, -0.05) is 15.9 Å². The molecule has 0 N–H and O–H groups in total. The highest BCUT2D eigenvalue weighted by molar-refractivity contribution is 9.09. The van der Waals surface area contributed by atoms with E-state index in [9.17, 15) is 18.0 Å². The third-order valence-electron chi connectivity index (χ3n) is 2.90. The van der Waals surface area contributed by atoms with Crippen molar-refractivity contribution in [2.24, 2.45) is 0 Å². The van der Waals surface area contributed by atoms with Crippen molar-refractivity contribution < 1.29 is 27.4 Å². The van der Waals surface area contributed by atoms with Gasteiger partial charge in [-0.05, 0) is 41.0 Å². The molecule has 138 valence electrons. The van der Waals surface area contributed by atoms with Gasteiger partial charge in [0.1, 0.15) is 5.60 Å². The number of alkyl halides is 4. The molecule has 0 heterocycles. The van der Waals surface area contributed by atoms with E-state index in [-0.39, 0.29) is 19.6 Å². The predicted octanol–water partition coefficient (Wildman–Crippen LogP) is 4.76. The van der Waals surface area contributed by atoms with Crippen molar-refractivity contribution in [3.05, 3.63) is 0 Å². The molecule has 0 aliphatic carbocycles. The van der Waals surface area contributed by atoms with Crippen LogP contribution in [0.3, 0.4) is 0 Å². The quantitative estimate of drug-likeness (QED) is 0.431. The zero-order valence-electron chi connectivity index (χ0n) is 14.4. The van der Waals surface area contributed by atoms with Crippen molar-refractivity contribution in [3.63, 3.8) is 0 Å². The van der Waals surface area contributed by atoms with Crippen LogP contribution in [0.4, 0.5) is 18.0 Å². The molecule has 0 bridgehead atoms. The first-order valence-electron chi connectivity index (χ1n) is 7.56. The lowest BCUT2D eigenvalue weighted by atomic mass is 10.1. The average molecular weight is 406 g/mol. The highest BCUT2D eigenvalue weighted by Gasteiger charge is 2.32. The van der Waals surface area contributed by atoms with Gasteiger partial charge in [0.25, 0.3) is 0 Å². The van der Waals surface area contributed by atoms with Gasteiger partial charge in [-0.3, -0.25) is 0 Å². The van der Waals surface area contributed by atoms with Gasteiger partial charge in [-0.2, -0.15) is 13.2 Å². The van der Waals surface area contributed by atoms with Crippen molar-refractivity contribution in [3.8, 4) is 0 Å². The summed E-state index contributed by atoms with van der Waals surface area (Å²) in [4.78, 5) is 13.6. The molecule has 0 rings (SSSR count). The van der Waals surface area contributed by atoms with Crippen LogP contribution in [-0.4, -0.2) is 53.4 Å². The SMILES string of the molecule is CCN(CC(C)(CBr)OCCCC(F)(F)F)C(=O)OC(C)(C)C. The van der Waals surface area contributed by atoms with Crippen LogP contribution in [0.2, 0.25) is 0 Å². The Morgan fingerprint density at radius 3 is 2.13 bits per heavy atom. The largest absolute Gasteiger partial charge is 0.444 e. The second-order valence-corrected chi connectivity index (χ2v) is 7.21. The van der Waals surface area contributed by atoms with Gasteiger partial charge in [0.05, 0.1) is 12.1 Å². The number of halogens is 4. The maximum absolute atomic E-state index is 12.2. The Balaban J connectivity index is 4.58. The smallest absolute Gasteiger partial charge is 0.410 e. The summed E-state index contributed by atoms with van der Waals surface area (Å²) in [6.45, 7) is 9.51. The molecule has 1 unspecified atom stereocenters. The van der Waals surface area contributed by atoms with E-state index >= 15 is 0 Å². The minimum absolute atomic E-state index is 0.0204. The Morgan fingerprint density at radius 2 is 1.74 bits per heavy atom. The highest BCUT2D eigenvalue weighted by atomic mass is 79.9. The number of nitrogens with zero attached hydrogens (tertiary/aromatic N) is 1. The molecule has 0 fully saturated rings. The fourth-order valence-electron chi connectivity index (χ4n) is 1.75. The molecule has 0 saturated carbocycles. The predicted molar refractivity (Wildman–Crippen MR) is 86.9 cm³/mol. The minimum Gasteiger partial charge on any atom is -0.444 e. The molecule has 0 aliphatic rings. The Labute approximate surface area is 144 Å². The average Bonchev–Trinajstić information content (AvgIpc) is 2.38. The molecule has 0 aromatic heterocycles. The number of hydrogen-bond donors (Lipinski definition) is 0. The lowest BCUT2D eigenvalue weighted by Gasteiger charge is -2.35. The summed E-state index contributed by atoms with van der Waals surface area (Å²) >= 11 is 3.31. The lowest BCUT2D eigenvalue weighted by molar-refractivity contribution is -0.141. The van der Waals surface area contributed by atoms with E-state index in [1.54, 1.807) is 27.7 Å². The van der Waals surface area contributed by atoms with E-state index in [2.05, 4.69) is 15.9 Å². The van der Waals surface area contributed by atoms with E-state index < -0.39 is 29.9 Å².